The Bertz CT molecular complexity index is 1240. The Morgan fingerprint density at radius 1 is 0.574 bits per heavy atom. The molecule has 1 aliphatic heterocycles. The second-order valence-corrected chi connectivity index (χ2v) is 13.3. The maximum absolute atomic E-state index is 13.6. The maximum Gasteiger partial charge on any atom is 0.399 e. The lowest BCUT2D eigenvalue weighted by atomic mass is 9.98. The Kier molecular flexibility index (Phi) is 16.4. The van der Waals surface area contributed by atoms with Crippen LogP contribution in [0.5, 0.6) is 0 Å². The van der Waals surface area contributed by atoms with E-state index in [-0.39, 0.29) is 13.2 Å². The predicted molar refractivity (Wildman–Crippen MR) is 193 cm³/mol. The van der Waals surface area contributed by atoms with Gasteiger partial charge in [-0.15, -0.1) is 0 Å². The van der Waals surface area contributed by atoms with E-state index in [2.05, 4.69) is 32.0 Å². The summed E-state index contributed by atoms with van der Waals surface area (Å²) in [5, 5.41) is 1.62. The molecule has 1 unspecified atom stereocenters. The molecule has 0 bridgehead atoms. The third-order valence-corrected chi connectivity index (χ3v) is 9.11. The Labute approximate surface area is 285 Å². The van der Waals surface area contributed by atoms with Crippen LogP contribution in [0.1, 0.15) is 139 Å². The second kappa shape index (κ2) is 21.0. The van der Waals surface area contributed by atoms with Crippen molar-refractivity contribution in [3.05, 3.63) is 101 Å². The van der Waals surface area contributed by atoms with E-state index >= 15 is 0 Å². The van der Waals surface area contributed by atoms with Crippen molar-refractivity contribution >= 4 is 11.7 Å². The van der Waals surface area contributed by atoms with Gasteiger partial charge in [-0.3, -0.25) is 0 Å². The van der Waals surface area contributed by atoms with Gasteiger partial charge in [0.2, 0.25) is 0 Å². The minimum Gasteiger partial charge on any atom is -0.455 e. The van der Waals surface area contributed by atoms with Gasteiger partial charge in [0.1, 0.15) is 6.61 Å². The fourth-order valence-electron chi connectivity index (χ4n) is 6.23. The van der Waals surface area contributed by atoms with Crippen molar-refractivity contribution in [1.29, 1.82) is 0 Å². The summed E-state index contributed by atoms with van der Waals surface area (Å²) in [6.45, 7) is 4.94. The third kappa shape index (κ3) is 12.8. The molecule has 1 saturated heterocycles. The van der Waals surface area contributed by atoms with Crippen LogP contribution < -0.4 is 5.06 Å². The molecule has 47 heavy (non-hydrogen) atoms. The fourth-order valence-corrected chi connectivity index (χ4v) is 6.23. The largest absolute Gasteiger partial charge is 0.455 e. The molecule has 5 heteroatoms. The van der Waals surface area contributed by atoms with Crippen molar-refractivity contribution in [2.75, 3.05) is 5.06 Å². The standard InChI is InChI=1S/C42H59NO4/c1-3-5-7-9-11-13-15-19-29-38-31-39(30-20-16-14-12-10-8-6-4-2)33-40(32-38)43-42(47-43,46-35-37-27-23-18-24-28-37)41(44)45-34-36-25-21-17-22-26-36/h17-18,21-28,31-33H,3-16,19-20,29-30,34-35H2,1-2H3. The molecule has 0 aliphatic carbocycles. The molecule has 5 nitrogen and oxygen atoms in total. The number of carbonyl (C=O) groups excluding carboxylic acids is 1. The number of aryl methyl sites for hydroxylation is 2. The number of rotatable bonds is 25. The Balaban J connectivity index is 1.43. The average Bonchev–Trinajstić information content (AvgIpc) is 3.85. The van der Waals surface area contributed by atoms with Gasteiger partial charge in [0.15, 0.2) is 0 Å². The first-order chi connectivity index (χ1) is 23.1. The van der Waals surface area contributed by atoms with Crippen molar-refractivity contribution in [1.82, 2.24) is 0 Å². The number of hydrogen-bond acceptors (Lipinski definition) is 5. The zero-order valence-corrected chi connectivity index (χ0v) is 29.2. The van der Waals surface area contributed by atoms with Gasteiger partial charge in [0, 0.05) is 0 Å². The zero-order valence-electron chi connectivity index (χ0n) is 29.2. The topological polar surface area (TPSA) is 51.1 Å². The zero-order chi connectivity index (χ0) is 33.0. The first-order valence-electron chi connectivity index (χ1n) is 18.7. The van der Waals surface area contributed by atoms with E-state index in [0.717, 1.165) is 29.7 Å². The van der Waals surface area contributed by atoms with Crippen molar-refractivity contribution in [3.8, 4) is 0 Å². The van der Waals surface area contributed by atoms with Gasteiger partial charge in [0.25, 0.3) is 0 Å². The van der Waals surface area contributed by atoms with Crippen molar-refractivity contribution in [3.63, 3.8) is 0 Å². The van der Waals surface area contributed by atoms with Gasteiger partial charge in [-0.25, -0.2) is 4.79 Å². The first kappa shape index (κ1) is 36.7. The lowest BCUT2D eigenvalue weighted by molar-refractivity contribution is -0.174. The van der Waals surface area contributed by atoms with Gasteiger partial charge in [-0.1, -0.05) is 170 Å². The Hall–Kier alpha value is -3.15. The highest BCUT2D eigenvalue weighted by molar-refractivity contribution is 5.85. The summed E-state index contributed by atoms with van der Waals surface area (Å²) in [7, 11) is 0. The normalized spacial score (nSPS) is 15.6. The molecule has 0 saturated carbocycles. The highest BCUT2D eigenvalue weighted by Gasteiger charge is 2.66. The molecule has 0 amide bonds. The third-order valence-electron chi connectivity index (χ3n) is 9.11. The highest BCUT2D eigenvalue weighted by Crippen LogP contribution is 2.44. The number of hydrogen-bond donors (Lipinski definition) is 0. The summed E-state index contributed by atoms with van der Waals surface area (Å²) in [4.78, 5) is 19.7. The number of carbonyl (C=O) groups is 1. The summed E-state index contributed by atoms with van der Waals surface area (Å²) in [5.41, 5.74) is 5.35. The average molecular weight is 642 g/mol. The molecule has 0 N–H and O–H groups in total. The molecular weight excluding hydrogens is 582 g/mol. The quantitative estimate of drug-likeness (QED) is 0.0523. The molecule has 1 aliphatic rings. The van der Waals surface area contributed by atoms with E-state index in [1.165, 1.54) is 114 Å². The minimum atomic E-state index is -1.60. The smallest absolute Gasteiger partial charge is 0.399 e. The van der Waals surface area contributed by atoms with E-state index in [1.807, 2.05) is 60.7 Å². The van der Waals surface area contributed by atoms with E-state index in [4.69, 9.17) is 14.3 Å². The number of nitrogens with zero attached hydrogens (tertiary/aromatic N) is 1. The number of ether oxygens (including phenoxy) is 2. The van der Waals surface area contributed by atoms with Crippen LogP contribution in [-0.2, 0) is 45.2 Å². The molecular formula is C42H59NO4. The number of hydroxylamine groups is 1. The van der Waals surface area contributed by atoms with Crippen LogP contribution in [0.2, 0.25) is 0 Å². The molecule has 256 valence electrons. The molecule has 1 fully saturated rings. The van der Waals surface area contributed by atoms with Crippen LogP contribution in [0.3, 0.4) is 0 Å². The molecule has 1 atom stereocenters. The molecule has 0 spiro atoms. The monoisotopic (exact) mass is 641 g/mol. The van der Waals surface area contributed by atoms with E-state index in [9.17, 15) is 4.79 Å². The number of anilines is 1. The Morgan fingerprint density at radius 2 is 1.02 bits per heavy atom. The van der Waals surface area contributed by atoms with Crippen LogP contribution in [0.15, 0.2) is 78.9 Å². The number of unbranched alkanes of at least 4 members (excludes halogenated alkanes) is 14. The van der Waals surface area contributed by atoms with Gasteiger partial charge in [0.05, 0.1) is 12.3 Å². The first-order valence-corrected chi connectivity index (χ1v) is 18.7. The predicted octanol–water partition coefficient (Wildman–Crippen LogP) is 11.4. The molecule has 1 heterocycles. The molecule has 4 rings (SSSR count). The van der Waals surface area contributed by atoms with Crippen molar-refractivity contribution < 1.29 is 19.1 Å². The van der Waals surface area contributed by atoms with Crippen molar-refractivity contribution in [2.24, 2.45) is 0 Å². The van der Waals surface area contributed by atoms with Gasteiger partial charge < -0.3 is 9.47 Å². The highest BCUT2D eigenvalue weighted by atomic mass is 17.0. The molecule has 3 aromatic rings. The summed E-state index contributed by atoms with van der Waals surface area (Å²) in [6, 6.07) is 26.3. The second-order valence-electron chi connectivity index (χ2n) is 13.3. The summed E-state index contributed by atoms with van der Waals surface area (Å²) >= 11 is 0. The van der Waals surface area contributed by atoms with Crippen LogP contribution >= 0.6 is 0 Å². The SMILES string of the molecule is CCCCCCCCCCc1cc(CCCCCCCCCC)cc(N2OC2(OCc2ccccc2)C(=O)OCc2ccccc2)c1. The van der Waals surface area contributed by atoms with Crippen LogP contribution in [0.4, 0.5) is 5.69 Å². The van der Waals surface area contributed by atoms with Gasteiger partial charge in [-0.2, -0.15) is 9.90 Å². The molecule has 3 aromatic carbocycles. The maximum atomic E-state index is 13.6. The van der Waals surface area contributed by atoms with E-state index in [0.29, 0.717) is 0 Å². The lowest BCUT2D eigenvalue weighted by Gasteiger charge is -2.15. The molecule has 0 radical (unpaired) electrons. The van der Waals surface area contributed by atoms with E-state index in [1.54, 1.807) is 5.06 Å². The van der Waals surface area contributed by atoms with Crippen LogP contribution in [0.25, 0.3) is 0 Å². The lowest BCUT2D eigenvalue weighted by Crippen LogP contribution is -2.34. The number of benzene rings is 3. The van der Waals surface area contributed by atoms with Gasteiger partial charge >= 0.3 is 11.9 Å². The summed E-state index contributed by atoms with van der Waals surface area (Å²) in [6.07, 6.45) is 22.9. The van der Waals surface area contributed by atoms with Gasteiger partial charge in [-0.05, 0) is 60.1 Å². The Morgan fingerprint density at radius 3 is 1.51 bits per heavy atom. The van der Waals surface area contributed by atoms with E-state index < -0.39 is 11.9 Å². The fraction of sp³-hybridized carbons (Fsp3) is 0.548. The summed E-state index contributed by atoms with van der Waals surface area (Å²) in [5.74, 6) is -2.13. The van der Waals surface area contributed by atoms with Crippen molar-refractivity contribution in [2.45, 2.75) is 149 Å². The summed E-state index contributed by atoms with van der Waals surface area (Å²) < 4.78 is 12.0. The number of esters is 1. The minimum absolute atomic E-state index is 0.162. The van der Waals surface area contributed by atoms with Crippen LogP contribution in [-0.4, -0.2) is 11.9 Å². The molecule has 0 aromatic heterocycles. The van der Waals surface area contributed by atoms with Crippen LogP contribution in [0, 0.1) is 0 Å².